The number of nitrogens with zero attached hydrogens (tertiary/aromatic N) is 1. The number of likely N-dealkylation sites (tertiary alicyclic amines) is 1. The molecule has 0 aliphatic carbocycles. The van der Waals surface area contributed by atoms with Gasteiger partial charge in [0.15, 0.2) is 11.5 Å². The fourth-order valence-electron chi connectivity index (χ4n) is 2.26. The summed E-state index contributed by atoms with van der Waals surface area (Å²) >= 11 is 0. The molecule has 1 unspecified atom stereocenters. The van der Waals surface area contributed by atoms with Gasteiger partial charge in [-0.2, -0.15) is 0 Å². The Bertz CT molecular complexity index is 365. The first-order chi connectivity index (χ1) is 7.69. The van der Waals surface area contributed by atoms with Crippen LogP contribution in [0.4, 0.5) is 0 Å². The van der Waals surface area contributed by atoms with Crippen molar-refractivity contribution < 1.29 is 9.84 Å². The highest BCUT2D eigenvalue weighted by molar-refractivity contribution is 5.41. The smallest absolute Gasteiger partial charge is 0.160 e. The van der Waals surface area contributed by atoms with Crippen molar-refractivity contribution in [1.82, 2.24) is 4.90 Å². The van der Waals surface area contributed by atoms with Crippen molar-refractivity contribution in [2.45, 2.75) is 19.9 Å². The number of aromatic hydroxyl groups is 1. The van der Waals surface area contributed by atoms with Gasteiger partial charge in [-0.3, -0.25) is 4.90 Å². The van der Waals surface area contributed by atoms with Gasteiger partial charge in [-0.05, 0) is 36.6 Å². The minimum Gasteiger partial charge on any atom is -0.504 e. The predicted octanol–water partition coefficient (Wildman–Crippen LogP) is 2.24. The van der Waals surface area contributed by atoms with Gasteiger partial charge in [0.1, 0.15) is 0 Å². The molecule has 0 bridgehead atoms. The Morgan fingerprint density at radius 1 is 1.50 bits per heavy atom. The fourth-order valence-corrected chi connectivity index (χ4v) is 2.26. The van der Waals surface area contributed by atoms with Gasteiger partial charge < -0.3 is 9.84 Å². The number of methoxy groups -OCH3 is 1. The number of rotatable bonds is 3. The van der Waals surface area contributed by atoms with Gasteiger partial charge in [-0.15, -0.1) is 0 Å². The average Bonchev–Trinajstić information content (AvgIpc) is 2.64. The van der Waals surface area contributed by atoms with Crippen LogP contribution in [-0.2, 0) is 6.54 Å². The Balaban J connectivity index is 2.02. The maximum atomic E-state index is 9.67. The molecule has 2 rings (SSSR count). The summed E-state index contributed by atoms with van der Waals surface area (Å²) in [6, 6.07) is 5.63. The van der Waals surface area contributed by atoms with Crippen LogP contribution >= 0.6 is 0 Å². The first kappa shape index (κ1) is 11.3. The number of phenolic OH excluding ortho intramolecular Hbond substituents is 1. The van der Waals surface area contributed by atoms with E-state index in [1.165, 1.54) is 6.42 Å². The van der Waals surface area contributed by atoms with Crippen molar-refractivity contribution in [3.8, 4) is 11.5 Å². The van der Waals surface area contributed by atoms with Crippen LogP contribution in [0.5, 0.6) is 11.5 Å². The van der Waals surface area contributed by atoms with E-state index in [1.54, 1.807) is 13.2 Å². The second kappa shape index (κ2) is 4.74. The zero-order valence-electron chi connectivity index (χ0n) is 9.94. The van der Waals surface area contributed by atoms with Crippen LogP contribution in [0, 0.1) is 5.92 Å². The van der Waals surface area contributed by atoms with Gasteiger partial charge in [0.2, 0.25) is 0 Å². The SMILES string of the molecule is COc1ccc(CN2CCC(C)C2)cc1O. The lowest BCUT2D eigenvalue weighted by atomic mass is 10.2. The van der Waals surface area contributed by atoms with Gasteiger partial charge in [0.25, 0.3) is 0 Å². The summed E-state index contributed by atoms with van der Waals surface area (Å²) in [6.07, 6.45) is 1.28. The Hall–Kier alpha value is -1.22. The van der Waals surface area contributed by atoms with Crippen LogP contribution in [-0.4, -0.2) is 30.2 Å². The Kier molecular flexibility index (Phi) is 3.34. The average molecular weight is 221 g/mol. The van der Waals surface area contributed by atoms with E-state index >= 15 is 0 Å². The standard InChI is InChI=1S/C13H19NO2/c1-10-5-6-14(8-10)9-11-3-4-13(16-2)12(15)7-11/h3-4,7,10,15H,5-6,8-9H2,1-2H3. The van der Waals surface area contributed by atoms with E-state index < -0.39 is 0 Å². The molecule has 0 saturated carbocycles. The first-order valence-electron chi connectivity index (χ1n) is 5.77. The summed E-state index contributed by atoms with van der Waals surface area (Å²) in [4.78, 5) is 2.42. The first-order valence-corrected chi connectivity index (χ1v) is 5.77. The molecule has 88 valence electrons. The summed E-state index contributed by atoms with van der Waals surface area (Å²) in [6.45, 7) is 5.52. The molecule has 1 fully saturated rings. The molecule has 3 heteroatoms. The van der Waals surface area contributed by atoms with Crippen molar-refractivity contribution in [3.05, 3.63) is 23.8 Å². The maximum Gasteiger partial charge on any atom is 0.160 e. The minimum absolute atomic E-state index is 0.229. The number of hydrogen-bond acceptors (Lipinski definition) is 3. The van der Waals surface area contributed by atoms with E-state index in [0.717, 1.165) is 31.1 Å². The molecule has 1 heterocycles. The molecule has 1 aromatic rings. The van der Waals surface area contributed by atoms with Crippen LogP contribution in [0.15, 0.2) is 18.2 Å². The van der Waals surface area contributed by atoms with Crippen molar-refractivity contribution in [2.75, 3.05) is 20.2 Å². The molecule has 0 spiro atoms. The van der Waals surface area contributed by atoms with E-state index in [-0.39, 0.29) is 5.75 Å². The summed E-state index contributed by atoms with van der Waals surface area (Å²) in [5.41, 5.74) is 1.15. The molecule has 1 aliphatic heterocycles. The fraction of sp³-hybridized carbons (Fsp3) is 0.538. The monoisotopic (exact) mass is 221 g/mol. The molecule has 1 atom stereocenters. The quantitative estimate of drug-likeness (QED) is 0.849. The predicted molar refractivity (Wildman–Crippen MR) is 63.7 cm³/mol. The van der Waals surface area contributed by atoms with E-state index in [4.69, 9.17) is 4.74 Å². The highest BCUT2D eigenvalue weighted by atomic mass is 16.5. The second-order valence-electron chi connectivity index (χ2n) is 4.64. The lowest BCUT2D eigenvalue weighted by molar-refractivity contribution is 0.318. The third-order valence-electron chi connectivity index (χ3n) is 3.16. The topological polar surface area (TPSA) is 32.7 Å². The lowest BCUT2D eigenvalue weighted by Gasteiger charge is -2.15. The van der Waals surface area contributed by atoms with Crippen molar-refractivity contribution in [1.29, 1.82) is 0 Å². The lowest BCUT2D eigenvalue weighted by Crippen LogP contribution is -2.19. The summed E-state index contributed by atoms with van der Waals surface area (Å²) in [7, 11) is 1.57. The second-order valence-corrected chi connectivity index (χ2v) is 4.64. The summed E-state index contributed by atoms with van der Waals surface area (Å²) in [5, 5.41) is 9.67. The largest absolute Gasteiger partial charge is 0.504 e. The minimum atomic E-state index is 0.229. The van der Waals surface area contributed by atoms with Crippen LogP contribution in [0.3, 0.4) is 0 Å². The number of hydrogen-bond donors (Lipinski definition) is 1. The molecule has 3 nitrogen and oxygen atoms in total. The zero-order chi connectivity index (χ0) is 11.5. The van der Waals surface area contributed by atoms with Crippen molar-refractivity contribution in [3.63, 3.8) is 0 Å². The Morgan fingerprint density at radius 3 is 2.88 bits per heavy atom. The number of ether oxygens (including phenoxy) is 1. The van der Waals surface area contributed by atoms with E-state index in [1.807, 2.05) is 12.1 Å². The summed E-state index contributed by atoms with van der Waals surface area (Å²) < 4.78 is 5.02. The van der Waals surface area contributed by atoms with E-state index in [0.29, 0.717) is 5.75 Å². The molecule has 16 heavy (non-hydrogen) atoms. The van der Waals surface area contributed by atoms with Gasteiger partial charge >= 0.3 is 0 Å². The molecule has 1 aliphatic rings. The van der Waals surface area contributed by atoms with Gasteiger partial charge in [-0.1, -0.05) is 13.0 Å². The van der Waals surface area contributed by atoms with Crippen molar-refractivity contribution in [2.24, 2.45) is 5.92 Å². The van der Waals surface area contributed by atoms with Crippen LogP contribution in [0.25, 0.3) is 0 Å². The van der Waals surface area contributed by atoms with Crippen LogP contribution in [0.1, 0.15) is 18.9 Å². The van der Waals surface area contributed by atoms with Crippen molar-refractivity contribution >= 4 is 0 Å². The number of phenols is 1. The molecular formula is C13H19NO2. The Labute approximate surface area is 96.6 Å². The molecule has 0 aromatic heterocycles. The molecule has 0 amide bonds. The highest BCUT2D eigenvalue weighted by Crippen LogP contribution is 2.27. The molecule has 1 saturated heterocycles. The van der Waals surface area contributed by atoms with Gasteiger partial charge in [0, 0.05) is 13.1 Å². The van der Waals surface area contributed by atoms with Crippen LogP contribution in [0.2, 0.25) is 0 Å². The Morgan fingerprint density at radius 2 is 2.31 bits per heavy atom. The molecule has 1 N–H and O–H groups in total. The zero-order valence-corrected chi connectivity index (χ0v) is 9.94. The van der Waals surface area contributed by atoms with Gasteiger partial charge in [0.05, 0.1) is 7.11 Å². The third-order valence-corrected chi connectivity index (χ3v) is 3.16. The maximum absolute atomic E-state index is 9.67. The summed E-state index contributed by atoms with van der Waals surface area (Å²) in [5.74, 6) is 1.57. The normalized spacial score (nSPS) is 21.2. The molecular weight excluding hydrogens is 202 g/mol. The highest BCUT2D eigenvalue weighted by Gasteiger charge is 2.18. The van der Waals surface area contributed by atoms with E-state index in [2.05, 4.69) is 11.8 Å². The van der Waals surface area contributed by atoms with E-state index in [9.17, 15) is 5.11 Å². The molecule has 1 aromatic carbocycles. The number of benzene rings is 1. The van der Waals surface area contributed by atoms with Gasteiger partial charge in [-0.25, -0.2) is 0 Å². The molecule has 0 radical (unpaired) electrons. The van der Waals surface area contributed by atoms with Crippen LogP contribution < -0.4 is 4.74 Å². The third kappa shape index (κ3) is 2.47.